The van der Waals surface area contributed by atoms with Crippen molar-refractivity contribution in [3.8, 4) is 0 Å². The maximum atomic E-state index is 4.14. The van der Waals surface area contributed by atoms with Crippen LogP contribution in [0.3, 0.4) is 0 Å². The van der Waals surface area contributed by atoms with Gasteiger partial charge in [0, 0.05) is 18.6 Å². The molecule has 0 saturated carbocycles. The Morgan fingerprint density at radius 1 is 1.62 bits per heavy atom. The van der Waals surface area contributed by atoms with E-state index >= 15 is 0 Å². The van der Waals surface area contributed by atoms with Gasteiger partial charge in [-0.2, -0.15) is 12.6 Å². The molecule has 3 nitrogen and oxygen atoms in total. The molecular weight excluding hydrogens is 202 g/mol. The van der Waals surface area contributed by atoms with E-state index in [9.17, 15) is 0 Å². The van der Waals surface area contributed by atoms with Gasteiger partial charge in [0.25, 0.3) is 0 Å². The topological polar surface area (TPSA) is 30.7 Å². The molecule has 0 aliphatic rings. The fourth-order valence-electron chi connectivity index (χ4n) is 0.726. The van der Waals surface area contributed by atoms with Crippen LogP contribution in [0.2, 0.25) is 0 Å². The molecule has 0 bridgehead atoms. The van der Waals surface area contributed by atoms with E-state index in [4.69, 9.17) is 0 Å². The number of thioether (sulfide) groups is 1. The summed E-state index contributed by atoms with van der Waals surface area (Å²) in [5.74, 6) is 2.51. The van der Waals surface area contributed by atoms with Crippen molar-refractivity contribution in [1.29, 1.82) is 0 Å². The lowest BCUT2D eigenvalue weighted by atomic mass is 10.4. The highest BCUT2D eigenvalue weighted by molar-refractivity contribution is 7.99. The van der Waals surface area contributed by atoms with Gasteiger partial charge in [-0.05, 0) is 6.92 Å². The molecule has 0 saturated heterocycles. The Morgan fingerprint density at radius 2 is 2.31 bits per heavy atom. The Balaban J connectivity index is 2.55. The number of hydrogen-bond acceptors (Lipinski definition) is 4. The van der Waals surface area contributed by atoms with Crippen LogP contribution >= 0.6 is 24.4 Å². The molecule has 13 heavy (non-hydrogen) atoms. The van der Waals surface area contributed by atoms with Gasteiger partial charge >= 0.3 is 0 Å². The molecule has 0 atom stereocenters. The van der Waals surface area contributed by atoms with Crippen LogP contribution in [0.25, 0.3) is 0 Å². The van der Waals surface area contributed by atoms with Crippen LogP contribution in [0.15, 0.2) is 17.3 Å². The fraction of sp³-hybridized carbons (Fsp3) is 0.500. The molecule has 5 heteroatoms. The summed E-state index contributed by atoms with van der Waals surface area (Å²) >= 11 is 5.78. The second kappa shape index (κ2) is 4.72. The van der Waals surface area contributed by atoms with Crippen LogP contribution in [0, 0.1) is 6.92 Å². The van der Waals surface area contributed by atoms with E-state index in [1.54, 1.807) is 11.8 Å². The van der Waals surface area contributed by atoms with Crippen molar-refractivity contribution in [2.24, 2.45) is 7.05 Å². The van der Waals surface area contributed by atoms with Gasteiger partial charge in [0.2, 0.25) is 0 Å². The molecule has 0 fully saturated rings. The second-order valence-corrected chi connectivity index (χ2v) is 4.04. The van der Waals surface area contributed by atoms with E-state index in [0.29, 0.717) is 0 Å². The molecule has 1 heterocycles. The van der Waals surface area contributed by atoms with Crippen molar-refractivity contribution >= 4 is 24.4 Å². The molecule has 0 aliphatic carbocycles. The van der Waals surface area contributed by atoms with Crippen molar-refractivity contribution in [2.75, 3.05) is 11.5 Å². The highest BCUT2D eigenvalue weighted by Crippen LogP contribution is 2.17. The molecule has 0 unspecified atom stereocenters. The summed E-state index contributed by atoms with van der Waals surface area (Å²) in [6.07, 6.45) is 0. The molecule has 1 aromatic rings. The summed E-state index contributed by atoms with van der Waals surface area (Å²) in [4.78, 5) is 0. The minimum atomic E-state index is 0.726. The average molecular weight is 215 g/mol. The normalized spacial score (nSPS) is 10.4. The van der Waals surface area contributed by atoms with Gasteiger partial charge < -0.3 is 4.57 Å². The third-order valence-corrected chi connectivity index (χ3v) is 3.30. The smallest absolute Gasteiger partial charge is 0.191 e. The standard InChI is InChI=1S/C8H13N3S2/c1-6(4-12)5-13-8-10-9-7(2)11(8)3/h12H,1,4-5H2,2-3H3. The predicted octanol–water partition coefficient (Wildman–Crippen LogP) is 1.70. The van der Waals surface area contributed by atoms with Crippen molar-refractivity contribution in [2.45, 2.75) is 12.1 Å². The van der Waals surface area contributed by atoms with E-state index in [-0.39, 0.29) is 0 Å². The average Bonchev–Trinajstić information content (AvgIpc) is 2.44. The predicted molar refractivity (Wildman–Crippen MR) is 59.5 cm³/mol. The first kappa shape index (κ1) is 10.7. The Morgan fingerprint density at radius 3 is 2.77 bits per heavy atom. The van der Waals surface area contributed by atoms with Crippen LogP contribution < -0.4 is 0 Å². The molecule has 1 aromatic heterocycles. The molecular formula is C8H13N3S2. The summed E-state index contributed by atoms with van der Waals surface area (Å²) in [5, 5.41) is 8.93. The summed E-state index contributed by atoms with van der Waals surface area (Å²) in [5.41, 5.74) is 1.11. The largest absolute Gasteiger partial charge is 0.309 e. The third-order valence-electron chi connectivity index (χ3n) is 1.68. The summed E-state index contributed by atoms with van der Waals surface area (Å²) in [7, 11) is 1.96. The number of nitrogens with zero attached hydrogens (tertiary/aromatic N) is 3. The number of aryl methyl sites for hydroxylation is 1. The zero-order chi connectivity index (χ0) is 9.84. The number of aromatic nitrogens is 3. The van der Waals surface area contributed by atoms with E-state index in [2.05, 4.69) is 29.4 Å². The lowest BCUT2D eigenvalue weighted by Crippen LogP contribution is -1.95. The van der Waals surface area contributed by atoms with Gasteiger partial charge in [0.1, 0.15) is 5.82 Å². The Bertz CT molecular complexity index is 306. The Hall–Kier alpha value is -0.420. The maximum absolute atomic E-state index is 4.14. The van der Waals surface area contributed by atoms with Crippen LogP contribution in [-0.2, 0) is 7.05 Å². The van der Waals surface area contributed by atoms with Crippen LogP contribution in [0.1, 0.15) is 5.82 Å². The minimum absolute atomic E-state index is 0.726. The SMILES string of the molecule is C=C(CS)CSc1nnc(C)n1C. The van der Waals surface area contributed by atoms with E-state index in [0.717, 1.165) is 28.1 Å². The molecule has 1 rings (SSSR count). The lowest BCUT2D eigenvalue weighted by molar-refractivity contribution is 0.766. The highest BCUT2D eigenvalue weighted by atomic mass is 32.2. The van der Waals surface area contributed by atoms with E-state index in [1.807, 2.05) is 18.5 Å². The second-order valence-electron chi connectivity index (χ2n) is 2.79. The third kappa shape index (κ3) is 2.77. The number of hydrogen-bond donors (Lipinski definition) is 1. The maximum Gasteiger partial charge on any atom is 0.191 e. The van der Waals surface area contributed by atoms with Crippen LogP contribution in [-0.4, -0.2) is 26.3 Å². The molecule has 0 radical (unpaired) electrons. The first-order valence-electron chi connectivity index (χ1n) is 3.91. The zero-order valence-corrected chi connectivity index (χ0v) is 9.53. The monoisotopic (exact) mass is 215 g/mol. The minimum Gasteiger partial charge on any atom is -0.309 e. The fourth-order valence-corrected chi connectivity index (χ4v) is 1.85. The first-order valence-corrected chi connectivity index (χ1v) is 5.53. The first-order chi connectivity index (χ1) is 6.15. The van der Waals surface area contributed by atoms with Gasteiger partial charge in [-0.25, -0.2) is 0 Å². The molecule has 0 spiro atoms. The highest BCUT2D eigenvalue weighted by Gasteiger charge is 2.05. The van der Waals surface area contributed by atoms with Gasteiger partial charge in [0.15, 0.2) is 5.16 Å². The summed E-state index contributed by atoms with van der Waals surface area (Å²) < 4.78 is 1.97. The molecule has 72 valence electrons. The van der Waals surface area contributed by atoms with E-state index in [1.165, 1.54) is 0 Å². The lowest BCUT2D eigenvalue weighted by Gasteiger charge is -2.01. The molecule has 0 aliphatic heterocycles. The molecule has 0 amide bonds. The van der Waals surface area contributed by atoms with Gasteiger partial charge in [-0.3, -0.25) is 0 Å². The quantitative estimate of drug-likeness (QED) is 0.471. The Labute approximate surface area is 88.0 Å². The van der Waals surface area contributed by atoms with Gasteiger partial charge in [-0.1, -0.05) is 23.9 Å². The van der Waals surface area contributed by atoms with Crippen molar-refractivity contribution in [3.05, 3.63) is 18.0 Å². The van der Waals surface area contributed by atoms with Gasteiger partial charge in [0.05, 0.1) is 0 Å². The molecule has 0 N–H and O–H groups in total. The van der Waals surface area contributed by atoms with Crippen LogP contribution in [0.5, 0.6) is 0 Å². The Kier molecular flexibility index (Phi) is 3.87. The van der Waals surface area contributed by atoms with Crippen molar-refractivity contribution in [3.63, 3.8) is 0 Å². The zero-order valence-electron chi connectivity index (χ0n) is 7.82. The van der Waals surface area contributed by atoms with E-state index < -0.39 is 0 Å². The number of thiol groups is 1. The van der Waals surface area contributed by atoms with Crippen molar-refractivity contribution in [1.82, 2.24) is 14.8 Å². The van der Waals surface area contributed by atoms with Crippen LogP contribution in [0.4, 0.5) is 0 Å². The van der Waals surface area contributed by atoms with Crippen molar-refractivity contribution < 1.29 is 0 Å². The summed E-state index contributed by atoms with van der Waals surface area (Å²) in [6, 6.07) is 0. The van der Waals surface area contributed by atoms with Gasteiger partial charge in [-0.15, -0.1) is 10.2 Å². The molecule has 0 aromatic carbocycles. The number of rotatable bonds is 4. The summed E-state index contributed by atoms with van der Waals surface area (Å²) in [6.45, 7) is 5.81.